The summed E-state index contributed by atoms with van der Waals surface area (Å²) in [6, 6.07) is 12.7. The highest BCUT2D eigenvalue weighted by Crippen LogP contribution is 2.47. The van der Waals surface area contributed by atoms with Crippen LogP contribution in [0.1, 0.15) is 35.7 Å². The SMILES string of the molecule is CCOC(=O)[C@H]1c2cccc(O)c2[C@H]2CN1C(=O)N2OCc1ccccc1. The van der Waals surface area contributed by atoms with Crippen LogP contribution < -0.4 is 0 Å². The summed E-state index contributed by atoms with van der Waals surface area (Å²) in [5.41, 5.74) is 2.02. The Labute approximate surface area is 156 Å². The van der Waals surface area contributed by atoms with E-state index in [0.29, 0.717) is 11.1 Å². The number of aromatic hydroxyl groups is 1. The van der Waals surface area contributed by atoms with E-state index >= 15 is 0 Å². The topological polar surface area (TPSA) is 79.3 Å². The average molecular weight is 368 g/mol. The summed E-state index contributed by atoms with van der Waals surface area (Å²) in [5, 5.41) is 11.7. The molecule has 4 rings (SSSR count). The zero-order valence-electron chi connectivity index (χ0n) is 14.9. The van der Waals surface area contributed by atoms with Crippen molar-refractivity contribution in [3.8, 4) is 5.75 Å². The molecule has 7 heteroatoms. The Hall–Kier alpha value is -3.06. The molecule has 1 fully saturated rings. The summed E-state index contributed by atoms with van der Waals surface area (Å²) >= 11 is 0. The van der Waals surface area contributed by atoms with E-state index in [2.05, 4.69) is 0 Å². The first-order valence-electron chi connectivity index (χ1n) is 8.87. The third-order valence-electron chi connectivity index (χ3n) is 4.87. The van der Waals surface area contributed by atoms with Crippen LogP contribution in [0.25, 0.3) is 0 Å². The molecule has 1 saturated heterocycles. The van der Waals surface area contributed by atoms with E-state index in [-0.39, 0.29) is 25.5 Å². The van der Waals surface area contributed by atoms with Crippen LogP contribution in [0.2, 0.25) is 0 Å². The Balaban J connectivity index is 1.68. The minimum atomic E-state index is -0.888. The molecule has 2 atom stereocenters. The number of benzene rings is 2. The number of carbonyl (C=O) groups is 2. The van der Waals surface area contributed by atoms with Gasteiger partial charge in [0, 0.05) is 5.56 Å². The van der Waals surface area contributed by atoms with Gasteiger partial charge in [0.05, 0.1) is 13.2 Å². The Morgan fingerprint density at radius 2 is 1.96 bits per heavy atom. The number of rotatable bonds is 5. The van der Waals surface area contributed by atoms with Gasteiger partial charge in [0.2, 0.25) is 0 Å². The van der Waals surface area contributed by atoms with E-state index in [1.54, 1.807) is 25.1 Å². The molecule has 2 aromatic rings. The Bertz CT molecular complexity index is 870. The smallest absolute Gasteiger partial charge is 0.345 e. The lowest BCUT2D eigenvalue weighted by molar-refractivity contribution is -0.149. The molecule has 2 aliphatic rings. The molecule has 0 aromatic heterocycles. The molecular formula is C20H20N2O5. The Kier molecular flexibility index (Phi) is 4.45. The number of carbonyl (C=O) groups excluding carboxylic acids is 2. The fourth-order valence-corrected chi connectivity index (χ4v) is 3.70. The van der Waals surface area contributed by atoms with Crippen LogP contribution in [0, 0.1) is 0 Å². The van der Waals surface area contributed by atoms with E-state index in [1.165, 1.54) is 9.96 Å². The number of fused-ring (bicyclic) bond motifs is 4. The average Bonchev–Trinajstić information content (AvgIpc) is 2.93. The van der Waals surface area contributed by atoms with Gasteiger partial charge in [-0.25, -0.2) is 9.59 Å². The van der Waals surface area contributed by atoms with Crippen LogP contribution in [-0.2, 0) is 21.0 Å². The number of nitrogens with zero attached hydrogens (tertiary/aromatic N) is 2. The number of hydrogen-bond donors (Lipinski definition) is 1. The van der Waals surface area contributed by atoms with Gasteiger partial charge in [0.25, 0.3) is 0 Å². The van der Waals surface area contributed by atoms with Crippen molar-refractivity contribution in [1.29, 1.82) is 0 Å². The molecule has 2 aliphatic heterocycles. The third kappa shape index (κ3) is 2.90. The number of urea groups is 1. The molecule has 2 amide bonds. The van der Waals surface area contributed by atoms with Crippen molar-refractivity contribution >= 4 is 12.0 Å². The van der Waals surface area contributed by atoms with Crippen molar-refractivity contribution in [2.75, 3.05) is 13.2 Å². The van der Waals surface area contributed by atoms with E-state index in [9.17, 15) is 14.7 Å². The van der Waals surface area contributed by atoms with Crippen molar-refractivity contribution in [2.45, 2.75) is 25.6 Å². The molecule has 1 N–H and O–H groups in total. The second kappa shape index (κ2) is 6.92. The molecule has 2 bridgehead atoms. The highest BCUT2D eigenvalue weighted by molar-refractivity contribution is 5.88. The maximum atomic E-state index is 12.9. The number of amides is 2. The highest BCUT2D eigenvalue weighted by atomic mass is 16.7. The molecule has 27 heavy (non-hydrogen) atoms. The minimum Gasteiger partial charge on any atom is -0.508 e. The van der Waals surface area contributed by atoms with Crippen molar-refractivity contribution < 1.29 is 24.3 Å². The van der Waals surface area contributed by atoms with E-state index in [0.717, 1.165) is 5.56 Å². The fourth-order valence-electron chi connectivity index (χ4n) is 3.70. The largest absolute Gasteiger partial charge is 0.508 e. The second-order valence-corrected chi connectivity index (χ2v) is 6.47. The third-order valence-corrected chi connectivity index (χ3v) is 4.87. The van der Waals surface area contributed by atoms with Crippen LogP contribution in [0.15, 0.2) is 48.5 Å². The van der Waals surface area contributed by atoms with E-state index in [4.69, 9.17) is 9.57 Å². The molecule has 2 aromatic carbocycles. The van der Waals surface area contributed by atoms with E-state index < -0.39 is 24.1 Å². The monoisotopic (exact) mass is 368 g/mol. The number of ether oxygens (including phenoxy) is 1. The first-order valence-corrected chi connectivity index (χ1v) is 8.87. The highest BCUT2D eigenvalue weighted by Gasteiger charge is 2.52. The molecule has 7 nitrogen and oxygen atoms in total. The molecule has 0 radical (unpaired) electrons. The quantitative estimate of drug-likeness (QED) is 0.821. The number of phenolic OH excluding ortho intramolecular Hbond substituents is 1. The second-order valence-electron chi connectivity index (χ2n) is 6.47. The van der Waals surface area contributed by atoms with Crippen LogP contribution in [0.5, 0.6) is 5.75 Å². The first kappa shape index (κ1) is 17.4. The van der Waals surface area contributed by atoms with Crippen LogP contribution in [0.3, 0.4) is 0 Å². The van der Waals surface area contributed by atoms with Crippen LogP contribution >= 0.6 is 0 Å². The maximum Gasteiger partial charge on any atom is 0.345 e. The fraction of sp³-hybridized carbons (Fsp3) is 0.300. The van der Waals surface area contributed by atoms with Gasteiger partial charge in [-0.15, -0.1) is 0 Å². The molecule has 0 spiro atoms. The number of hydrogen-bond acceptors (Lipinski definition) is 5. The van der Waals surface area contributed by atoms with E-state index in [1.807, 2.05) is 30.3 Å². The Morgan fingerprint density at radius 1 is 1.19 bits per heavy atom. The summed E-state index contributed by atoms with van der Waals surface area (Å²) < 4.78 is 5.17. The zero-order valence-corrected chi connectivity index (χ0v) is 14.9. The summed E-state index contributed by atoms with van der Waals surface area (Å²) in [4.78, 5) is 32.7. The van der Waals surface area contributed by atoms with Gasteiger partial charge in [-0.2, -0.15) is 5.06 Å². The molecule has 2 heterocycles. The summed E-state index contributed by atoms with van der Waals surface area (Å²) in [6.07, 6.45) is 0. The van der Waals surface area contributed by atoms with Gasteiger partial charge in [-0.1, -0.05) is 42.5 Å². The van der Waals surface area contributed by atoms with Crippen LogP contribution in [-0.4, -0.2) is 40.2 Å². The molecule has 0 aliphatic carbocycles. The Morgan fingerprint density at radius 3 is 2.70 bits per heavy atom. The lowest BCUT2D eigenvalue weighted by Gasteiger charge is -2.31. The van der Waals surface area contributed by atoms with Gasteiger partial charge < -0.3 is 14.7 Å². The summed E-state index contributed by atoms with van der Waals surface area (Å²) in [7, 11) is 0. The van der Waals surface area contributed by atoms with Crippen molar-refractivity contribution in [1.82, 2.24) is 9.96 Å². The standard InChI is InChI=1S/C20H20N2O5/c1-2-26-19(24)18-14-9-6-10-16(23)17(14)15-11-21(18)20(25)22(15)27-12-13-7-4-3-5-8-13/h3-10,15,18,23H,2,11-12H2,1H3/t15-,18-/m1/s1. The lowest BCUT2D eigenvalue weighted by atomic mass is 9.90. The predicted octanol–water partition coefficient (Wildman–Crippen LogP) is 2.92. The molecule has 0 unspecified atom stereocenters. The predicted molar refractivity (Wildman–Crippen MR) is 95.4 cm³/mol. The van der Waals surface area contributed by atoms with Crippen molar-refractivity contribution in [3.63, 3.8) is 0 Å². The van der Waals surface area contributed by atoms with Gasteiger partial charge in [0.1, 0.15) is 18.4 Å². The summed E-state index contributed by atoms with van der Waals surface area (Å²) in [5.74, 6) is -0.476. The molecule has 0 saturated carbocycles. The van der Waals surface area contributed by atoms with Gasteiger partial charge in [-0.3, -0.25) is 4.84 Å². The first-order chi connectivity index (χ1) is 13.1. The molecule has 140 valence electrons. The van der Waals surface area contributed by atoms with Gasteiger partial charge >= 0.3 is 12.0 Å². The minimum absolute atomic E-state index is 0.0365. The van der Waals surface area contributed by atoms with Gasteiger partial charge in [0.15, 0.2) is 6.04 Å². The molecular weight excluding hydrogens is 348 g/mol. The van der Waals surface area contributed by atoms with Crippen molar-refractivity contribution in [2.24, 2.45) is 0 Å². The number of hydroxylamine groups is 2. The maximum absolute atomic E-state index is 12.9. The van der Waals surface area contributed by atoms with Crippen molar-refractivity contribution in [3.05, 3.63) is 65.2 Å². The van der Waals surface area contributed by atoms with Gasteiger partial charge in [-0.05, 0) is 24.1 Å². The lowest BCUT2D eigenvalue weighted by Crippen LogP contribution is -2.39. The zero-order chi connectivity index (χ0) is 19.0. The number of phenols is 1. The normalized spacial score (nSPS) is 20.6. The summed E-state index contributed by atoms with van der Waals surface area (Å²) in [6.45, 7) is 2.39. The van der Waals surface area contributed by atoms with Crippen LogP contribution in [0.4, 0.5) is 4.79 Å². The number of esters is 1.